The number of aliphatic hydroxyl groups is 2. The first-order valence-corrected chi connectivity index (χ1v) is 50.1. The number of carbonyl (C=O) groups excluding carboxylic acids is 3. The Hall–Kier alpha value is -5.35. The molecular formula is C101H170O16P2. The van der Waals surface area contributed by atoms with Gasteiger partial charge in [-0.1, -0.05) is 389 Å². The normalized spacial score (nSPS) is 14.6. The van der Waals surface area contributed by atoms with Crippen LogP contribution in [0.5, 0.6) is 0 Å². The van der Waals surface area contributed by atoms with E-state index in [1.165, 1.54) is 141 Å². The largest absolute Gasteiger partial charge is 0.472 e. The van der Waals surface area contributed by atoms with E-state index < -0.39 is 91.5 Å². The minimum absolute atomic E-state index is 0.0820. The van der Waals surface area contributed by atoms with E-state index in [0.717, 1.165) is 180 Å². The van der Waals surface area contributed by atoms with Crippen LogP contribution in [0, 0.1) is 0 Å². The van der Waals surface area contributed by atoms with E-state index in [1.54, 1.807) is 0 Å². The number of allylic oxidation sites excluding steroid dienone is 30. The topological polar surface area (TPSA) is 231 Å². The van der Waals surface area contributed by atoms with Crippen LogP contribution in [0.3, 0.4) is 0 Å². The third-order valence-corrected chi connectivity index (χ3v) is 21.5. The predicted molar refractivity (Wildman–Crippen MR) is 500 cm³/mol. The number of phosphoric acid groups is 2. The second-order valence-electron chi connectivity index (χ2n) is 31.0. The van der Waals surface area contributed by atoms with E-state index in [4.69, 9.17) is 32.3 Å². The Morgan fingerprint density at radius 3 is 0.664 bits per heavy atom. The smallest absolute Gasteiger partial charge is 0.463 e. The van der Waals surface area contributed by atoms with E-state index in [2.05, 4.69) is 203 Å². The summed E-state index contributed by atoms with van der Waals surface area (Å²) in [5, 5.41) is 20.7. The highest BCUT2D eigenvalue weighted by molar-refractivity contribution is 7.47. The lowest BCUT2D eigenvalue weighted by Gasteiger charge is -2.21. The molecule has 0 saturated heterocycles. The molecule has 0 aliphatic rings. The number of aliphatic hydroxyl groups excluding tert-OH is 2. The van der Waals surface area contributed by atoms with E-state index in [0.29, 0.717) is 19.3 Å². The number of hydrogen-bond acceptors (Lipinski definition) is 14. The molecule has 5 unspecified atom stereocenters. The van der Waals surface area contributed by atoms with Crippen LogP contribution >= 0.6 is 15.6 Å². The fraction of sp³-hybridized carbons (Fsp3) is 0.673. The lowest BCUT2D eigenvalue weighted by molar-refractivity contribution is -0.161. The number of carbonyl (C=O) groups is 3. The fourth-order valence-electron chi connectivity index (χ4n) is 12.6. The van der Waals surface area contributed by atoms with E-state index in [9.17, 15) is 43.5 Å². The average Bonchev–Trinajstić information content (AvgIpc) is 0.898. The van der Waals surface area contributed by atoms with Gasteiger partial charge in [-0.05, 0) is 154 Å². The van der Waals surface area contributed by atoms with Gasteiger partial charge in [0.2, 0.25) is 0 Å². The first-order valence-electron chi connectivity index (χ1n) is 47.1. The average molecular weight is 1700 g/mol. The molecule has 680 valence electrons. The molecule has 0 aliphatic heterocycles. The minimum Gasteiger partial charge on any atom is -0.463 e. The van der Waals surface area contributed by atoms with Crippen molar-refractivity contribution >= 4 is 33.6 Å². The van der Waals surface area contributed by atoms with Gasteiger partial charge in [0.15, 0.2) is 6.10 Å². The maximum atomic E-state index is 13.0. The molecule has 0 saturated carbocycles. The molecule has 0 heterocycles. The third-order valence-electron chi connectivity index (χ3n) is 19.6. The molecule has 18 heteroatoms. The highest BCUT2D eigenvalue weighted by atomic mass is 31.2. The van der Waals surface area contributed by atoms with Gasteiger partial charge in [0.1, 0.15) is 25.4 Å². The van der Waals surface area contributed by atoms with Crippen LogP contribution < -0.4 is 0 Å². The Morgan fingerprint density at radius 2 is 0.420 bits per heavy atom. The van der Waals surface area contributed by atoms with Crippen molar-refractivity contribution < 1.29 is 75.8 Å². The van der Waals surface area contributed by atoms with Gasteiger partial charge in [0.05, 0.1) is 26.4 Å². The van der Waals surface area contributed by atoms with Gasteiger partial charge in [-0.15, -0.1) is 0 Å². The van der Waals surface area contributed by atoms with Crippen molar-refractivity contribution in [3.05, 3.63) is 182 Å². The molecule has 119 heavy (non-hydrogen) atoms. The predicted octanol–water partition coefficient (Wildman–Crippen LogP) is 29.2. The van der Waals surface area contributed by atoms with Crippen LogP contribution in [0.15, 0.2) is 182 Å². The number of esters is 3. The van der Waals surface area contributed by atoms with E-state index >= 15 is 0 Å². The summed E-state index contributed by atoms with van der Waals surface area (Å²) in [5.41, 5.74) is 0. The Kier molecular flexibility index (Phi) is 87.7. The van der Waals surface area contributed by atoms with Gasteiger partial charge < -0.3 is 34.2 Å². The number of phosphoric ester groups is 2. The van der Waals surface area contributed by atoms with Gasteiger partial charge in [-0.2, -0.15) is 0 Å². The molecule has 0 radical (unpaired) electrons. The molecule has 16 nitrogen and oxygen atoms in total. The van der Waals surface area contributed by atoms with Crippen molar-refractivity contribution in [2.75, 3.05) is 39.6 Å². The van der Waals surface area contributed by atoms with Gasteiger partial charge >= 0.3 is 33.6 Å². The van der Waals surface area contributed by atoms with Crippen LogP contribution in [0.4, 0.5) is 0 Å². The molecule has 0 aromatic heterocycles. The van der Waals surface area contributed by atoms with Crippen molar-refractivity contribution in [2.24, 2.45) is 0 Å². The van der Waals surface area contributed by atoms with Gasteiger partial charge in [0.25, 0.3) is 0 Å². The number of hydrogen-bond donors (Lipinski definition) is 4. The molecule has 0 amide bonds. The molecule has 5 atom stereocenters. The molecule has 4 N–H and O–H groups in total. The second-order valence-corrected chi connectivity index (χ2v) is 33.9. The van der Waals surface area contributed by atoms with Gasteiger partial charge in [-0.3, -0.25) is 32.5 Å². The maximum absolute atomic E-state index is 13.0. The SMILES string of the molecule is CC/C=C\C/C=C\C/C=C\C/C=C\C/C=C\C/C=C\CCCCCCCCCCCCCCCCCCC(=O)OCC(O)COP(=O)(O)OCC(O)COP(=O)(O)OCC(COC(=O)CCCCCCCCCCCCCCCC/C=C\C/C=C\C/C=C\C/C=C\C/C=C\C/C=C\CC)OC(=O)CCCCCCC/C=C\C/C=C\C/C=C\CC. The summed E-state index contributed by atoms with van der Waals surface area (Å²) in [6.45, 7) is 2.36. The fourth-order valence-corrected chi connectivity index (χ4v) is 14.2. The summed E-state index contributed by atoms with van der Waals surface area (Å²) in [6, 6.07) is 0. The van der Waals surface area contributed by atoms with Crippen LogP contribution in [-0.2, 0) is 55.8 Å². The molecule has 0 spiro atoms. The first kappa shape index (κ1) is 114. The Labute approximate surface area is 725 Å². The lowest BCUT2D eigenvalue weighted by Crippen LogP contribution is -2.30. The molecule has 0 fully saturated rings. The maximum Gasteiger partial charge on any atom is 0.472 e. The molecule has 0 aromatic carbocycles. The van der Waals surface area contributed by atoms with E-state index in [-0.39, 0.29) is 19.3 Å². The van der Waals surface area contributed by atoms with E-state index in [1.807, 2.05) is 0 Å². The van der Waals surface area contributed by atoms with Crippen molar-refractivity contribution in [1.82, 2.24) is 0 Å². The first-order chi connectivity index (χ1) is 58.2. The second kappa shape index (κ2) is 91.8. The molecular weight excluding hydrogens is 1530 g/mol. The zero-order chi connectivity index (χ0) is 86.5. The summed E-state index contributed by atoms with van der Waals surface area (Å²) in [6.07, 6.45) is 121. The monoisotopic (exact) mass is 1700 g/mol. The van der Waals surface area contributed by atoms with Crippen LogP contribution in [-0.4, -0.2) is 95.9 Å². The summed E-state index contributed by atoms with van der Waals surface area (Å²) in [4.78, 5) is 58.9. The van der Waals surface area contributed by atoms with Gasteiger partial charge in [0, 0.05) is 19.3 Å². The zero-order valence-corrected chi connectivity index (χ0v) is 76.8. The molecule has 0 aromatic rings. The molecule has 0 bridgehead atoms. The van der Waals surface area contributed by atoms with Gasteiger partial charge in [-0.25, -0.2) is 9.13 Å². The zero-order valence-electron chi connectivity index (χ0n) is 75.0. The van der Waals surface area contributed by atoms with Crippen molar-refractivity contribution in [1.29, 1.82) is 0 Å². The van der Waals surface area contributed by atoms with Crippen molar-refractivity contribution in [3.8, 4) is 0 Å². The highest BCUT2D eigenvalue weighted by Crippen LogP contribution is 2.45. The number of unbranched alkanes of at least 4 members (excludes halogenated alkanes) is 35. The third kappa shape index (κ3) is 93.2. The summed E-state index contributed by atoms with van der Waals surface area (Å²) < 4.78 is 61.4. The number of ether oxygens (including phenoxy) is 3. The van der Waals surface area contributed by atoms with Crippen LogP contribution in [0.25, 0.3) is 0 Å². The lowest BCUT2D eigenvalue weighted by atomic mass is 10.0. The Bertz CT molecular complexity index is 2890. The van der Waals surface area contributed by atoms with Crippen LogP contribution in [0.1, 0.15) is 380 Å². The quantitative estimate of drug-likeness (QED) is 0.0146. The van der Waals surface area contributed by atoms with Crippen molar-refractivity contribution in [2.45, 2.75) is 399 Å². The Morgan fingerprint density at radius 1 is 0.235 bits per heavy atom. The number of rotatable bonds is 88. The summed E-state index contributed by atoms with van der Waals surface area (Å²) in [7, 11) is -9.81. The summed E-state index contributed by atoms with van der Waals surface area (Å²) >= 11 is 0. The van der Waals surface area contributed by atoms with Crippen LogP contribution in [0.2, 0.25) is 0 Å². The highest BCUT2D eigenvalue weighted by Gasteiger charge is 2.29. The standard InChI is InChI=1S/C101H170O16P2/c1-4-7-10-13-16-19-22-25-28-30-32-34-36-38-40-42-44-46-47-49-51-52-54-56-58-60-62-64-67-69-72-75-78-81-84-87-99(104)111-90-96(102)91-113-118(107,108)114-92-97(103)93-115-119(109,110)116-95-98(117-101(106)89-86-83-80-77-74-71-66-27-24-21-18-15-12-9-6-3)94-112-100(105)88-85-82-79-76-73-70-68-65-63-61-59-57-55-53-50-48-45-43-41-39-37-35-33-31-29-26-23-20-17-14-11-8-5-2/h7-12,16-21,25-29,32-35,38-41,44-46,48,66,96-98,102-103H,4-6,13-15,22-24,30-31,36-37,42-43,47,49-65,67-95H2,1-3H3,(H,107,108)(H,109,110)/b10-7-,11-8-,12-9-,19-16-,20-17-,21-18-,28-25-,29-26-,34-32-,35-33-,40-38-,41-39-,46-44-,48-45-,66-27-. The minimum atomic E-state index is -4.95. The molecule has 0 aliphatic carbocycles. The molecule has 0 rings (SSSR count). The Balaban J connectivity index is 4.44. The van der Waals surface area contributed by atoms with Crippen molar-refractivity contribution in [3.63, 3.8) is 0 Å². The summed E-state index contributed by atoms with van der Waals surface area (Å²) in [5.74, 6) is -1.59.